The molecule has 7 heteroatoms. The summed E-state index contributed by atoms with van der Waals surface area (Å²) in [5, 5.41) is 2.39. The van der Waals surface area contributed by atoms with Gasteiger partial charge in [0.15, 0.2) is 0 Å². The van der Waals surface area contributed by atoms with E-state index in [0.29, 0.717) is 23.2 Å². The topological polar surface area (TPSA) is 49.4 Å². The largest absolute Gasteiger partial charge is 0.418 e. The molecule has 2 amide bonds. The number of hydrogen-bond donors (Lipinski definition) is 1. The zero-order chi connectivity index (χ0) is 24.5. The number of nitrogens with zero attached hydrogens (tertiary/aromatic N) is 1. The van der Waals surface area contributed by atoms with E-state index in [4.69, 9.17) is 0 Å². The van der Waals surface area contributed by atoms with E-state index in [1.165, 1.54) is 37.5 Å². The summed E-state index contributed by atoms with van der Waals surface area (Å²) in [6.45, 7) is 4.59. The minimum atomic E-state index is -4.60. The van der Waals surface area contributed by atoms with Gasteiger partial charge in [-0.3, -0.25) is 9.59 Å². The van der Waals surface area contributed by atoms with E-state index in [1.807, 2.05) is 6.08 Å². The molecule has 4 nitrogen and oxygen atoms in total. The number of rotatable bonds is 2. The van der Waals surface area contributed by atoms with Crippen LogP contribution in [0.4, 0.5) is 18.9 Å². The van der Waals surface area contributed by atoms with Crippen LogP contribution >= 0.6 is 0 Å². The summed E-state index contributed by atoms with van der Waals surface area (Å²) in [7, 11) is 1.73. The molecular formula is C27H33F3N2O2. The van der Waals surface area contributed by atoms with Gasteiger partial charge in [-0.1, -0.05) is 38.5 Å². The Hall–Kier alpha value is -2.31. The first-order chi connectivity index (χ1) is 16.0. The number of para-hydroxylation sites is 1. The minimum Gasteiger partial charge on any atom is -0.338 e. The summed E-state index contributed by atoms with van der Waals surface area (Å²) in [4.78, 5) is 28.1. The SMILES string of the molecule is CN1C(=O)C(C(=O)Nc2ccccc2C(F)(F)F)=C[C@@]2(C)C1CC[C@@H]1[C@H]2CC[C@]2(C)CCC[C@@H]12. The number of hydrogen-bond acceptors (Lipinski definition) is 2. The van der Waals surface area contributed by atoms with E-state index in [0.717, 1.165) is 31.7 Å². The van der Waals surface area contributed by atoms with Gasteiger partial charge in [-0.05, 0) is 73.8 Å². The van der Waals surface area contributed by atoms with Gasteiger partial charge in [0.05, 0.1) is 11.3 Å². The molecule has 1 aromatic rings. The number of carbonyl (C=O) groups excluding carboxylic acids is 2. The van der Waals surface area contributed by atoms with Crippen LogP contribution in [-0.4, -0.2) is 29.8 Å². The zero-order valence-corrected chi connectivity index (χ0v) is 20.0. The van der Waals surface area contributed by atoms with Gasteiger partial charge >= 0.3 is 6.18 Å². The minimum absolute atomic E-state index is 0.00557. The van der Waals surface area contributed by atoms with Gasteiger partial charge in [-0.2, -0.15) is 13.2 Å². The maximum absolute atomic E-state index is 13.4. The molecule has 1 unspecified atom stereocenters. The monoisotopic (exact) mass is 474 g/mol. The van der Waals surface area contributed by atoms with Crippen molar-refractivity contribution in [3.63, 3.8) is 0 Å². The van der Waals surface area contributed by atoms with Crippen molar-refractivity contribution in [1.29, 1.82) is 0 Å². The lowest BCUT2D eigenvalue weighted by atomic mass is 9.48. The van der Waals surface area contributed by atoms with Gasteiger partial charge in [-0.15, -0.1) is 0 Å². The zero-order valence-electron chi connectivity index (χ0n) is 20.0. The van der Waals surface area contributed by atoms with Crippen LogP contribution < -0.4 is 5.32 Å². The molecule has 3 saturated carbocycles. The van der Waals surface area contributed by atoms with E-state index in [1.54, 1.807) is 11.9 Å². The van der Waals surface area contributed by atoms with Gasteiger partial charge in [0, 0.05) is 18.5 Å². The molecule has 1 N–H and O–H groups in total. The first-order valence-corrected chi connectivity index (χ1v) is 12.4. The summed E-state index contributed by atoms with van der Waals surface area (Å²) >= 11 is 0. The number of alkyl halides is 3. The molecule has 1 heterocycles. The third kappa shape index (κ3) is 3.49. The third-order valence-corrected chi connectivity index (χ3v) is 9.71. The van der Waals surface area contributed by atoms with Gasteiger partial charge in [0.25, 0.3) is 11.8 Å². The van der Waals surface area contributed by atoms with Gasteiger partial charge < -0.3 is 10.2 Å². The van der Waals surface area contributed by atoms with E-state index in [9.17, 15) is 22.8 Å². The lowest BCUT2D eigenvalue weighted by Gasteiger charge is -2.60. The molecule has 0 saturated heterocycles. The number of fused-ring (bicyclic) bond motifs is 5. The average Bonchev–Trinajstić information content (AvgIpc) is 3.18. The Kier molecular flexibility index (Phi) is 5.41. The first-order valence-electron chi connectivity index (χ1n) is 12.4. The fourth-order valence-corrected chi connectivity index (χ4v) is 8.07. The quantitative estimate of drug-likeness (QED) is 0.531. The molecule has 3 fully saturated rings. The predicted octanol–water partition coefficient (Wildman–Crippen LogP) is 6.04. The lowest BCUT2D eigenvalue weighted by molar-refractivity contribution is -0.141. The summed E-state index contributed by atoms with van der Waals surface area (Å²) in [5.41, 5.74) is -1.27. The lowest BCUT2D eigenvalue weighted by Crippen LogP contribution is -2.60. The number of halogens is 3. The number of carbonyl (C=O) groups is 2. The summed E-state index contributed by atoms with van der Waals surface area (Å²) < 4.78 is 40.3. The second-order valence-corrected chi connectivity index (χ2v) is 11.4. The van der Waals surface area contributed by atoms with Crippen molar-refractivity contribution in [1.82, 2.24) is 4.90 Å². The summed E-state index contributed by atoms with van der Waals surface area (Å²) in [6, 6.07) is 4.89. The predicted molar refractivity (Wildman–Crippen MR) is 124 cm³/mol. The van der Waals surface area contributed by atoms with E-state index >= 15 is 0 Å². The van der Waals surface area contributed by atoms with E-state index in [2.05, 4.69) is 19.2 Å². The van der Waals surface area contributed by atoms with Gasteiger partial charge in [0.2, 0.25) is 0 Å². The van der Waals surface area contributed by atoms with Crippen LogP contribution in [0.25, 0.3) is 0 Å². The van der Waals surface area contributed by atoms with Crippen LogP contribution in [0.5, 0.6) is 0 Å². The summed E-state index contributed by atoms with van der Waals surface area (Å²) in [5.74, 6) is 0.427. The average molecular weight is 475 g/mol. The van der Waals surface area contributed by atoms with Crippen LogP contribution in [0.15, 0.2) is 35.9 Å². The van der Waals surface area contributed by atoms with Crippen LogP contribution in [0.3, 0.4) is 0 Å². The van der Waals surface area contributed by atoms with Crippen LogP contribution in [0, 0.1) is 28.6 Å². The second-order valence-electron chi connectivity index (χ2n) is 11.4. The Labute approximate surface area is 199 Å². The number of likely N-dealkylation sites (N-methyl/N-ethyl adjacent to an activating group) is 1. The highest BCUT2D eigenvalue weighted by molar-refractivity contribution is 6.23. The van der Waals surface area contributed by atoms with Gasteiger partial charge in [0.1, 0.15) is 5.57 Å². The third-order valence-electron chi connectivity index (χ3n) is 9.71. The number of benzene rings is 1. The smallest absolute Gasteiger partial charge is 0.338 e. The van der Waals surface area contributed by atoms with Crippen molar-refractivity contribution in [2.75, 3.05) is 12.4 Å². The molecular weight excluding hydrogens is 441 g/mol. The Morgan fingerprint density at radius 3 is 2.53 bits per heavy atom. The Morgan fingerprint density at radius 2 is 1.79 bits per heavy atom. The van der Waals surface area contributed by atoms with Crippen molar-refractivity contribution in [2.45, 2.75) is 71.0 Å². The van der Waals surface area contributed by atoms with Crippen molar-refractivity contribution in [3.05, 3.63) is 41.5 Å². The molecule has 0 spiro atoms. The molecule has 5 rings (SSSR count). The fourth-order valence-electron chi connectivity index (χ4n) is 8.07. The molecule has 0 aromatic heterocycles. The number of anilines is 1. The van der Waals surface area contributed by atoms with Gasteiger partial charge in [-0.25, -0.2) is 0 Å². The van der Waals surface area contributed by atoms with Crippen molar-refractivity contribution >= 4 is 17.5 Å². The van der Waals surface area contributed by atoms with Crippen molar-refractivity contribution < 1.29 is 22.8 Å². The Morgan fingerprint density at radius 1 is 1.06 bits per heavy atom. The standard InChI is InChI=1S/C27H33F3N2O2/c1-25-13-6-8-18(25)16-10-11-22-26(2,19(16)12-14-25)15-17(24(34)32(22)3)23(33)31-21-9-5-4-7-20(21)27(28,29)30/h4-5,7,9,15-16,18-19,22H,6,8,10-14H2,1-3H3,(H,31,33)/t16-,18-,19+,22?,25-,26+/m0/s1. The molecule has 0 bridgehead atoms. The maximum atomic E-state index is 13.4. The van der Waals surface area contributed by atoms with Crippen molar-refractivity contribution in [2.24, 2.45) is 28.6 Å². The molecule has 184 valence electrons. The first kappa shape index (κ1) is 23.4. The molecule has 3 aliphatic carbocycles. The normalized spacial score (nSPS) is 37.4. The molecule has 4 aliphatic rings. The van der Waals surface area contributed by atoms with Crippen LogP contribution in [0.1, 0.15) is 64.4 Å². The van der Waals surface area contributed by atoms with Crippen molar-refractivity contribution in [3.8, 4) is 0 Å². The molecule has 34 heavy (non-hydrogen) atoms. The van der Waals surface area contributed by atoms with E-state index in [-0.39, 0.29) is 22.7 Å². The number of nitrogens with one attached hydrogen (secondary N) is 1. The molecule has 1 aliphatic heterocycles. The second kappa shape index (κ2) is 7.85. The fraction of sp³-hybridized carbons (Fsp3) is 0.630. The Bertz CT molecular complexity index is 1050. The highest BCUT2D eigenvalue weighted by atomic mass is 19.4. The highest BCUT2D eigenvalue weighted by Crippen LogP contribution is 2.64. The molecule has 6 atom stereocenters. The molecule has 1 aromatic carbocycles. The van der Waals surface area contributed by atoms with Crippen LogP contribution in [0.2, 0.25) is 0 Å². The van der Waals surface area contributed by atoms with E-state index < -0.39 is 23.6 Å². The Balaban J connectivity index is 1.49. The highest BCUT2D eigenvalue weighted by Gasteiger charge is 2.59. The number of amides is 2. The summed E-state index contributed by atoms with van der Waals surface area (Å²) in [6.07, 6.45) is 5.23. The van der Waals surface area contributed by atoms with Crippen LogP contribution in [-0.2, 0) is 15.8 Å². The molecule has 0 radical (unpaired) electrons. The maximum Gasteiger partial charge on any atom is 0.418 e.